The zero-order valence-electron chi connectivity index (χ0n) is 12.0. The number of carbonyl (C=O) groups excluding carboxylic acids is 1. The van der Waals surface area contributed by atoms with Crippen molar-refractivity contribution in [1.29, 1.82) is 5.26 Å². The Balaban J connectivity index is 2.24. The molecule has 1 atom stereocenters. The molecule has 0 saturated heterocycles. The van der Waals surface area contributed by atoms with Gasteiger partial charge in [-0.3, -0.25) is 19.6 Å². The van der Waals surface area contributed by atoms with Crippen LogP contribution in [0.5, 0.6) is 5.88 Å². The first-order valence-electron chi connectivity index (χ1n) is 6.86. The number of nitrogens with two attached hydrogens (primary N) is 1. The number of rotatable bonds is 0. The topological polar surface area (TPSA) is 154 Å². The van der Waals surface area contributed by atoms with Crippen LogP contribution in [0.15, 0.2) is 45.3 Å². The summed E-state index contributed by atoms with van der Waals surface area (Å²) in [5.41, 5.74) is 2.81. The van der Waals surface area contributed by atoms with E-state index in [1.165, 1.54) is 0 Å². The minimum atomic E-state index is -1.78. The third kappa shape index (κ3) is 1.44. The molecule has 24 heavy (non-hydrogen) atoms. The van der Waals surface area contributed by atoms with Crippen molar-refractivity contribution in [2.75, 3.05) is 5.32 Å². The predicted octanol–water partition coefficient (Wildman–Crippen LogP) is -0.612. The third-order valence-electron chi connectivity index (χ3n) is 4.15. The molecule has 0 radical (unpaired) electrons. The fourth-order valence-corrected chi connectivity index (χ4v) is 3.25. The van der Waals surface area contributed by atoms with Crippen LogP contribution in [0.2, 0.25) is 0 Å². The van der Waals surface area contributed by atoms with Crippen LogP contribution in [0.4, 0.5) is 5.69 Å². The molecule has 0 bridgehead atoms. The highest BCUT2D eigenvalue weighted by Crippen LogP contribution is 2.50. The first-order valence-corrected chi connectivity index (χ1v) is 6.86. The molecule has 0 saturated carbocycles. The van der Waals surface area contributed by atoms with Gasteiger partial charge in [0, 0.05) is 11.3 Å². The highest BCUT2D eigenvalue weighted by molar-refractivity contribution is 6.12. The molecular formula is C15H9N5O4. The summed E-state index contributed by atoms with van der Waals surface area (Å²) < 4.78 is 5.23. The quantitative estimate of drug-likeness (QED) is 0.507. The number of aromatic amines is 2. The molecule has 2 aliphatic rings. The molecule has 118 valence electrons. The number of carbonyl (C=O) groups is 1. The number of para-hydroxylation sites is 1. The summed E-state index contributed by atoms with van der Waals surface area (Å²) in [6, 6.07) is 8.48. The van der Waals surface area contributed by atoms with Crippen LogP contribution in [0.1, 0.15) is 11.1 Å². The Morgan fingerprint density at radius 1 is 1.17 bits per heavy atom. The number of anilines is 1. The summed E-state index contributed by atoms with van der Waals surface area (Å²) in [7, 11) is 0. The maximum absolute atomic E-state index is 12.9. The van der Waals surface area contributed by atoms with Crippen LogP contribution in [0.25, 0.3) is 0 Å². The van der Waals surface area contributed by atoms with Crippen LogP contribution in [0, 0.1) is 11.3 Å². The van der Waals surface area contributed by atoms with E-state index >= 15 is 0 Å². The monoisotopic (exact) mass is 323 g/mol. The molecular weight excluding hydrogens is 314 g/mol. The number of benzene rings is 1. The van der Waals surface area contributed by atoms with Crippen molar-refractivity contribution in [3.63, 3.8) is 0 Å². The number of amides is 1. The minimum absolute atomic E-state index is 0.185. The van der Waals surface area contributed by atoms with Gasteiger partial charge < -0.3 is 15.8 Å². The minimum Gasteiger partial charge on any atom is -0.423 e. The summed E-state index contributed by atoms with van der Waals surface area (Å²) in [6.07, 6.45) is 0. The summed E-state index contributed by atoms with van der Waals surface area (Å²) in [5, 5.41) is 12.2. The highest BCUT2D eigenvalue weighted by Gasteiger charge is 2.58. The van der Waals surface area contributed by atoms with Crippen molar-refractivity contribution in [3.05, 3.63) is 67.7 Å². The number of fused-ring (bicyclic) bond motifs is 4. The van der Waals surface area contributed by atoms with Crippen LogP contribution in [-0.4, -0.2) is 15.9 Å². The lowest BCUT2D eigenvalue weighted by molar-refractivity contribution is -0.118. The normalized spacial score (nSPS) is 20.9. The maximum Gasteiger partial charge on any atom is 0.328 e. The Bertz CT molecular complexity index is 1100. The van der Waals surface area contributed by atoms with Crippen LogP contribution < -0.4 is 27.0 Å². The van der Waals surface area contributed by atoms with E-state index < -0.39 is 22.6 Å². The van der Waals surface area contributed by atoms with E-state index in [0.717, 1.165) is 0 Å². The summed E-state index contributed by atoms with van der Waals surface area (Å²) in [6.45, 7) is 0. The molecule has 1 aromatic heterocycles. The lowest BCUT2D eigenvalue weighted by Gasteiger charge is -2.31. The van der Waals surface area contributed by atoms with E-state index in [-0.39, 0.29) is 22.9 Å². The first kappa shape index (κ1) is 13.8. The molecule has 2 aromatic rings. The summed E-state index contributed by atoms with van der Waals surface area (Å²) >= 11 is 0. The molecule has 1 unspecified atom stereocenters. The molecule has 1 amide bonds. The Kier molecular flexibility index (Phi) is 2.51. The fourth-order valence-electron chi connectivity index (χ4n) is 3.25. The third-order valence-corrected chi connectivity index (χ3v) is 4.15. The predicted molar refractivity (Wildman–Crippen MR) is 81.0 cm³/mol. The van der Waals surface area contributed by atoms with Crippen molar-refractivity contribution in [3.8, 4) is 11.9 Å². The Morgan fingerprint density at radius 2 is 1.92 bits per heavy atom. The molecule has 4 rings (SSSR count). The lowest BCUT2D eigenvalue weighted by Crippen LogP contribution is -2.48. The number of ether oxygens (including phenoxy) is 1. The average molecular weight is 323 g/mol. The number of nitrogens with zero attached hydrogens (tertiary/aromatic N) is 1. The van der Waals surface area contributed by atoms with Gasteiger partial charge >= 0.3 is 5.69 Å². The zero-order valence-corrected chi connectivity index (χ0v) is 12.0. The summed E-state index contributed by atoms with van der Waals surface area (Å²) in [5.74, 6) is -1.23. The smallest absolute Gasteiger partial charge is 0.328 e. The van der Waals surface area contributed by atoms with Crippen LogP contribution in [-0.2, 0) is 10.2 Å². The van der Waals surface area contributed by atoms with Gasteiger partial charge in [0.2, 0.25) is 17.7 Å². The van der Waals surface area contributed by atoms with E-state index in [0.29, 0.717) is 11.3 Å². The Hall–Kier alpha value is -3.80. The second kappa shape index (κ2) is 4.36. The zero-order chi connectivity index (χ0) is 17.1. The van der Waals surface area contributed by atoms with Crippen LogP contribution in [0.3, 0.4) is 0 Å². The number of nitrogens with one attached hydrogen (secondary N) is 3. The van der Waals surface area contributed by atoms with Gasteiger partial charge in [-0.25, -0.2) is 4.79 Å². The second-order valence-corrected chi connectivity index (χ2v) is 5.32. The number of aromatic nitrogens is 2. The lowest BCUT2D eigenvalue weighted by atomic mass is 9.70. The van der Waals surface area contributed by atoms with Gasteiger partial charge in [-0.1, -0.05) is 18.2 Å². The van der Waals surface area contributed by atoms with Gasteiger partial charge in [-0.15, -0.1) is 0 Å². The van der Waals surface area contributed by atoms with E-state index in [9.17, 15) is 19.6 Å². The van der Waals surface area contributed by atoms with Crippen molar-refractivity contribution in [2.24, 2.45) is 5.73 Å². The maximum atomic E-state index is 12.9. The van der Waals surface area contributed by atoms with Crippen LogP contribution >= 0.6 is 0 Å². The molecule has 0 fully saturated rings. The van der Waals surface area contributed by atoms with Gasteiger partial charge in [0.15, 0.2) is 5.41 Å². The Labute approximate surface area is 133 Å². The average Bonchev–Trinajstić information content (AvgIpc) is 2.80. The number of hydrogen-bond acceptors (Lipinski definition) is 6. The molecule has 1 spiro atoms. The fraction of sp³-hybridized carbons (Fsp3) is 0.0667. The van der Waals surface area contributed by atoms with Gasteiger partial charge in [0.1, 0.15) is 17.2 Å². The van der Waals surface area contributed by atoms with E-state index in [1.807, 2.05) is 6.07 Å². The number of hydrogen-bond donors (Lipinski definition) is 4. The van der Waals surface area contributed by atoms with Gasteiger partial charge in [0.25, 0.3) is 5.56 Å². The molecule has 3 heterocycles. The Morgan fingerprint density at radius 3 is 2.67 bits per heavy atom. The second-order valence-electron chi connectivity index (χ2n) is 5.32. The molecule has 5 N–H and O–H groups in total. The molecule has 2 aliphatic heterocycles. The van der Waals surface area contributed by atoms with Crippen molar-refractivity contribution in [2.45, 2.75) is 5.41 Å². The molecule has 0 aliphatic carbocycles. The first-order chi connectivity index (χ1) is 11.5. The van der Waals surface area contributed by atoms with E-state index in [4.69, 9.17) is 10.5 Å². The highest BCUT2D eigenvalue weighted by atomic mass is 16.5. The van der Waals surface area contributed by atoms with Crippen molar-refractivity contribution in [1.82, 2.24) is 9.97 Å². The number of nitriles is 1. The van der Waals surface area contributed by atoms with Crippen molar-refractivity contribution >= 4 is 11.6 Å². The largest absolute Gasteiger partial charge is 0.423 e. The van der Waals surface area contributed by atoms with Gasteiger partial charge in [-0.05, 0) is 6.07 Å². The van der Waals surface area contributed by atoms with Crippen molar-refractivity contribution < 1.29 is 9.53 Å². The molecule has 1 aromatic carbocycles. The SMILES string of the molecule is N#CC1=C(N)Oc2[nH]c(=O)[nH]c(=O)c2C12C(=O)Nc1ccccc12. The van der Waals surface area contributed by atoms with Gasteiger partial charge in [-0.2, -0.15) is 5.26 Å². The molecule has 9 heteroatoms. The standard InChI is InChI=1S/C15H9N5O4/c16-5-7-10(17)24-12-9(11(21)19-14(23)20-12)15(7)6-3-1-2-4-8(6)18-13(15)22/h1-4H,17H2,(H,18,22)(H2,19,20,21,23). The van der Waals surface area contributed by atoms with E-state index in [1.54, 1.807) is 24.3 Å². The molecule has 9 nitrogen and oxygen atoms in total. The van der Waals surface area contributed by atoms with E-state index in [2.05, 4.69) is 15.3 Å². The summed E-state index contributed by atoms with van der Waals surface area (Å²) in [4.78, 5) is 41.2. The van der Waals surface area contributed by atoms with Gasteiger partial charge in [0.05, 0.1) is 0 Å². The number of H-pyrrole nitrogens is 2.